The Bertz CT molecular complexity index is 326. The summed E-state index contributed by atoms with van der Waals surface area (Å²) in [5, 5.41) is 14.7. The first-order chi connectivity index (χ1) is 7.81. The highest BCUT2D eigenvalue weighted by Crippen LogP contribution is 2.31. The Morgan fingerprint density at radius 2 is 2.25 bits per heavy atom. The van der Waals surface area contributed by atoms with Gasteiger partial charge in [0.25, 0.3) is 0 Å². The van der Waals surface area contributed by atoms with E-state index in [1.54, 1.807) is 11.3 Å². The van der Waals surface area contributed by atoms with Crippen LogP contribution < -0.4 is 5.32 Å². The smallest absolute Gasteiger partial charge is 0.0464 e. The van der Waals surface area contributed by atoms with Crippen LogP contribution in [0.15, 0.2) is 15.9 Å². The van der Waals surface area contributed by atoms with Gasteiger partial charge in [-0.15, -0.1) is 11.3 Å². The lowest BCUT2D eigenvalue weighted by molar-refractivity contribution is 0.143. The summed E-state index contributed by atoms with van der Waals surface area (Å²) >= 11 is 5.26. The minimum Gasteiger partial charge on any atom is -0.396 e. The highest BCUT2D eigenvalue weighted by Gasteiger charge is 2.22. The average Bonchev–Trinajstić information content (AvgIpc) is 2.74. The van der Waals surface area contributed by atoms with Crippen molar-refractivity contribution in [2.75, 3.05) is 32.8 Å². The Morgan fingerprint density at radius 3 is 2.81 bits per heavy atom. The van der Waals surface area contributed by atoms with Crippen LogP contribution in [0, 0.1) is 0 Å². The molecule has 0 saturated carbocycles. The van der Waals surface area contributed by atoms with Gasteiger partial charge in [0.15, 0.2) is 0 Å². The first kappa shape index (κ1) is 12.5. The average molecular weight is 305 g/mol. The molecule has 0 aliphatic carbocycles. The molecule has 1 aromatic heterocycles. The van der Waals surface area contributed by atoms with Crippen molar-refractivity contribution < 1.29 is 5.11 Å². The maximum Gasteiger partial charge on any atom is 0.0464 e. The summed E-state index contributed by atoms with van der Waals surface area (Å²) in [6.07, 6.45) is 0.826. The number of aliphatic hydroxyl groups is 1. The molecule has 1 saturated heterocycles. The summed E-state index contributed by atoms with van der Waals surface area (Å²) in [4.78, 5) is 3.81. The predicted molar refractivity (Wildman–Crippen MR) is 70.9 cm³/mol. The highest BCUT2D eigenvalue weighted by atomic mass is 79.9. The van der Waals surface area contributed by atoms with Gasteiger partial charge in [-0.05, 0) is 28.4 Å². The maximum absolute atomic E-state index is 9.19. The number of thiophene rings is 1. The number of hydrogen-bond donors (Lipinski definition) is 2. The van der Waals surface area contributed by atoms with Gasteiger partial charge < -0.3 is 10.4 Å². The summed E-state index contributed by atoms with van der Waals surface area (Å²) in [5.74, 6) is 0. The molecule has 1 atom stereocenters. The normalized spacial score (nSPS) is 19.9. The summed E-state index contributed by atoms with van der Waals surface area (Å²) in [6, 6.07) is 2.55. The van der Waals surface area contributed by atoms with E-state index < -0.39 is 0 Å². The Morgan fingerprint density at radius 1 is 1.50 bits per heavy atom. The van der Waals surface area contributed by atoms with Crippen LogP contribution in [0.4, 0.5) is 0 Å². The Balaban J connectivity index is 2.09. The van der Waals surface area contributed by atoms with Crippen LogP contribution in [-0.2, 0) is 0 Å². The molecule has 0 bridgehead atoms. The maximum atomic E-state index is 9.19. The molecule has 1 aliphatic rings. The lowest BCUT2D eigenvalue weighted by atomic mass is 10.1. The number of piperazine rings is 1. The topological polar surface area (TPSA) is 35.5 Å². The number of rotatable bonds is 4. The van der Waals surface area contributed by atoms with Crippen LogP contribution in [0.2, 0.25) is 0 Å². The van der Waals surface area contributed by atoms with Crippen LogP contribution in [0.25, 0.3) is 0 Å². The fraction of sp³-hybridized carbons (Fsp3) is 0.636. The van der Waals surface area contributed by atoms with Crippen LogP contribution in [0.5, 0.6) is 0 Å². The molecule has 1 aliphatic heterocycles. The summed E-state index contributed by atoms with van der Waals surface area (Å²) in [7, 11) is 0. The molecule has 0 aromatic carbocycles. The van der Waals surface area contributed by atoms with Gasteiger partial charge in [0.2, 0.25) is 0 Å². The molecular formula is C11H17BrN2OS. The minimum absolute atomic E-state index is 0.254. The van der Waals surface area contributed by atoms with E-state index in [1.165, 1.54) is 4.88 Å². The zero-order chi connectivity index (χ0) is 11.4. The molecule has 5 heteroatoms. The van der Waals surface area contributed by atoms with Gasteiger partial charge in [-0.2, -0.15) is 0 Å². The third-order valence-electron chi connectivity index (χ3n) is 2.91. The van der Waals surface area contributed by atoms with Gasteiger partial charge >= 0.3 is 0 Å². The second-order valence-electron chi connectivity index (χ2n) is 3.98. The third kappa shape index (κ3) is 3.05. The van der Waals surface area contributed by atoms with Crippen molar-refractivity contribution in [1.29, 1.82) is 0 Å². The monoisotopic (exact) mass is 304 g/mol. The number of nitrogens with one attached hydrogen (secondary N) is 1. The van der Waals surface area contributed by atoms with Crippen molar-refractivity contribution in [3.63, 3.8) is 0 Å². The molecule has 1 fully saturated rings. The molecule has 3 nitrogen and oxygen atoms in total. The van der Waals surface area contributed by atoms with E-state index in [-0.39, 0.29) is 6.61 Å². The Hall–Kier alpha value is 0.0600. The lowest BCUT2D eigenvalue weighted by Gasteiger charge is -2.34. The van der Waals surface area contributed by atoms with Gasteiger partial charge in [0.05, 0.1) is 0 Å². The van der Waals surface area contributed by atoms with Gasteiger partial charge in [-0.25, -0.2) is 0 Å². The van der Waals surface area contributed by atoms with E-state index in [9.17, 15) is 5.11 Å². The molecule has 16 heavy (non-hydrogen) atoms. The number of aliphatic hydroxyl groups excluding tert-OH is 1. The van der Waals surface area contributed by atoms with Gasteiger partial charge in [0, 0.05) is 53.6 Å². The minimum atomic E-state index is 0.254. The Kier molecular flexibility index (Phi) is 4.79. The van der Waals surface area contributed by atoms with Crippen LogP contribution in [0.3, 0.4) is 0 Å². The molecule has 0 radical (unpaired) electrons. The molecule has 2 heterocycles. The van der Waals surface area contributed by atoms with Gasteiger partial charge in [0.1, 0.15) is 0 Å². The fourth-order valence-electron chi connectivity index (χ4n) is 2.12. The van der Waals surface area contributed by atoms with Crippen LogP contribution >= 0.6 is 27.3 Å². The number of nitrogens with zero attached hydrogens (tertiary/aromatic N) is 1. The second kappa shape index (κ2) is 6.12. The third-order valence-corrected chi connectivity index (χ3v) is 4.71. The first-order valence-electron chi connectivity index (χ1n) is 5.61. The zero-order valence-electron chi connectivity index (χ0n) is 9.16. The van der Waals surface area contributed by atoms with Crippen LogP contribution in [0.1, 0.15) is 17.3 Å². The SMILES string of the molecule is OCCC(c1cc(Br)cs1)N1CCNCC1. The lowest BCUT2D eigenvalue weighted by Crippen LogP contribution is -2.45. The molecule has 0 amide bonds. The van der Waals surface area contributed by atoms with E-state index in [0.29, 0.717) is 6.04 Å². The molecule has 1 aromatic rings. The largest absolute Gasteiger partial charge is 0.396 e. The summed E-state index contributed by atoms with van der Waals surface area (Å²) in [5.41, 5.74) is 0. The fourth-order valence-corrected chi connectivity index (χ4v) is 3.74. The summed E-state index contributed by atoms with van der Waals surface area (Å²) < 4.78 is 1.14. The standard InChI is InChI=1S/C11H17BrN2OS/c12-9-7-11(16-8-9)10(1-6-15)14-4-2-13-3-5-14/h7-8,10,13,15H,1-6H2. The zero-order valence-corrected chi connectivity index (χ0v) is 11.6. The number of hydrogen-bond acceptors (Lipinski definition) is 4. The van der Waals surface area contributed by atoms with Crippen LogP contribution in [-0.4, -0.2) is 42.8 Å². The van der Waals surface area contributed by atoms with E-state index in [4.69, 9.17) is 0 Å². The molecule has 2 N–H and O–H groups in total. The molecule has 1 unspecified atom stereocenters. The quantitative estimate of drug-likeness (QED) is 0.891. The van der Waals surface area contributed by atoms with Crippen molar-refractivity contribution in [2.24, 2.45) is 0 Å². The molecule has 0 spiro atoms. The van der Waals surface area contributed by atoms with E-state index in [0.717, 1.165) is 37.1 Å². The van der Waals surface area contributed by atoms with Gasteiger partial charge in [-0.3, -0.25) is 4.90 Å². The summed E-state index contributed by atoms with van der Waals surface area (Å²) in [6.45, 7) is 4.49. The van der Waals surface area contributed by atoms with Crippen molar-refractivity contribution >= 4 is 27.3 Å². The molecular weight excluding hydrogens is 288 g/mol. The number of halogens is 1. The van der Waals surface area contributed by atoms with E-state index >= 15 is 0 Å². The van der Waals surface area contributed by atoms with Crippen molar-refractivity contribution in [3.8, 4) is 0 Å². The van der Waals surface area contributed by atoms with Crippen molar-refractivity contribution in [3.05, 3.63) is 20.8 Å². The Labute approximate surface area is 109 Å². The van der Waals surface area contributed by atoms with E-state index in [1.807, 2.05) is 0 Å². The first-order valence-corrected chi connectivity index (χ1v) is 7.28. The van der Waals surface area contributed by atoms with Crippen molar-refractivity contribution in [2.45, 2.75) is 12.5 Å². The second-order valence-corrected chi connectivity index (χ2v) is 5.84. The predicted octanol–water partition coefficient (Wildman–Crippen LogP) is 1.84. The van der Waals surface area contributed by atoms with Crippen molar-refractivity contribution in [1.82, 2.24) is 10.2 Å². The molecule has 90 valence electrons. The van der Waals surface area contributed by atoms with Gasteiger partial charge in [-0.1, -0.05) is 0 Å². The van der Waals surface area contributed by atoms with E-state index in [2.05, 4.69) is 37.6 Å². The highest BCUT2D eigenvalue weighted by molar-refractivity contribution is 9.10. The molecule has 2 rings (SSSR count).